The Morgan fingerprint density at radius 1 is 1.00 bits per heavy atom. The average Bonchev–Trinajstić information content (AvgIpc) is 3.56. The Balaban J connectivity index is 1.38. The maximum Gasteiger partial charge on any atom is 0.315 e. The third kappa shape index (κ3) is 3.02. The molecule has 6 rings (SSSR count). The third-order valence-electron chi connectivity index (χ3n) is 5.77. The molecule has 0 aliphatic heterocycles. The summed E-state index contributed by atoms with van der Waals surface area (Å²) < 4.78 is 5.30. The lowest BCUT2D eigenvalue weighted by Crippen LogP contribution is -2.37. The predicted molar refractivity (Wildman–Crippen MR) is 121 cm³/mol. The number of carbonyl (C=O) groups is 1. The molecule has 156 valence electrons. The van der Waals surface area contributed by atoms with E-state index in [-0.39, 0.29) is 12.1 Å². The highest BCUT2D eigenvalue weighted by molar-refractivity contribution is 5.92. The standard InChI is InChI=1S/C25H19N5O2/c31-25(27-13-15-5-4-12-32-15)30-23-17-7-2-1-6-16(17)22-18(23)8-3-9-19(22)24-28-20-10-11-26-14-21(20)29-24/h1-12,14,23H,13H2,(H,28,29)(H2,27,30,31)/t23-/m1/s1. The van der Waals surface area contributed by atoms with Gasteiger partial charge in [-0.15, -0.1) is 0 Å². The van der Waals surface area contributed by atoms with Crippen LogP contribution in [0.5, 0.6) is 0 Å². The summed E-state index contributed by atoms with van der Waals surface area (Å²) in [5.74, 6) is 1.48. The van der Waals surface area contributed by atoms with E-state index in [2.05, 4.69) is 44.9 Å². The SMILES string of the molecule is O=C(NCc1ccco1)N[C@@H]1c2ccccc2-c2c(-c3nc4ccncc4[nH]3)cccc21. The molecule has 0 saturated heterocycles. The number of hydrogen-bond donors (Lipinski definition) is 3. The van der Waals surface area contributed by atoms with Gasteiger partial charge < -0.3 is 20.0 Å². The van der Waals surface area contributed by atoms with Gasteiger partial charge >= 0.3 is 6.03 Å². The lowest BCUT2D eigenvalue weighted by Gasteiger charge is -2.16. The second-order valence-corrected chi connectivity index (χ2v) is 7.67. The van der Waals surface area contributed by atoms with E-state index in [1.165, 1.54) is 0 Å². The molecular weight excluding hydrogens is 402 g/mol. The minimum absolute atomic E-state index is 0.255. The largest absolute Gasteiger partial charge is 0.467 e. The Hall–Kier alpha value is -4.39. The summed E-state index contributed by atoms with van der Waals surface area (Å²) in [6.07, 6.45) is 5.10. The van der Waals surface area contributed by atoms with Crippen LogP contribution in [0.4, 0.5) is 4.79 Å². The molecule has 0 saturated carbocycles. The Labute approximate surface area is 183 Å². The Morgan fingerprint density at radius 3 is 2.75 bits per heavy atom. The Bertz CT molecular complexity index is 1410. The van der Waals surface area contributed by atoms with Gasteiger partial charge in [0.25, 0.3) is 0 Å². The van der Waals surface area contributed by atoms with Crippen molar-refractivity contribution in [3.8, 4) is 22.5 Å². The monoisotopic (exact) mass is 421 g/mol. The van der Waals surface area contributed by atoms with Gasteiger partial charge in [-0.2, -0.15) is 0 Å². The first kappa shape index (κ1) is 18.4. The lowest BCUT2D eigenvalue weighted by atomic mass is 9.99. The highest BCUT2D eigenvalue weighted by Crippen LogP contribution is 2.47. The van der Waals surface area contributed by atoms with E-state index < -0.39 is 0 Å². The number of urea groups is 1. The number of hydrogen-bond acceptors (Lipinski definition) is 4. The maximum atomic E-state index is 12.7. The molecule has 7 heteroatoms. The number of H-pyrrole nitrogens is 1. The second-order valence-electron chi connectivity index (χ2n) is 7.67. The van der Waals surface area contributed by atoms with Crippen molar-refractivity contribution >= 4 is 17.1 Å². The Morgan fingerprint density at radius 2 is 1.88 bits per heavy atom. The van der Waals surface area contributed by atoms with Gasteiger partial charge in [0.15, 0.2) is 0 Å². The van der Waals surface area contributed by atoms with Gasteiger partial charge in [0, 0.05) is 11.8 Å². The molecule has 7 nitrogen and oxygen atoms in total. The zero-order chi connectivity index (χ0) is 21.5. The minimum atomic E-state index is -0.260. The van der Waals surface area contributed by atoms with Crippen LogP contribution in [0, 0.1) is 0 Å². The number of benzene rings is 2. The number of nitrogens with zero attached hydrogens (tertiary/aromatic N) is 2. The molecule has 5 aromatic rings. The third-order valence-corrected chi connectivity index (χ3v) is 5.77. The zero-order valence-electron chi connectivity index (χ0n) is 17.0. The molecular formula is C25H19N5O2. The number of aromatic nitrogens is 3. The van der Waals surface area contributed by atoms with Gasteiger partial charge in [0.1, 0.15) is 11.6 Å². The number of rotatable bonds is 4. The van der Waals surface area contributed by atoms with Crippen molar-refractivity contribution in [3.63, 3.8) is 0 Å². The Kier molecular flexibility index (Phi) is 4.24. The number of imidazole rings is 1. The molecule has 2 aromatic carbocycles. The number of nitrogens with one attached hydrogen (secondary N) is 3. The number of pyridine rings is 1. The molecule has 32 heavy (non-hydrogen) atoms. The van der Waals surface area contributed by atoms with Crippen LogP contribution >= 0.6 is 0 Å². The van der Waals surface area contributed by atoms with Crippen molar-refractivity contribution in [2.24, 2.45) is 0 Å². The van der Waals surface area contributed by atoms with E-state index in [0.717, 1.165) is 44.7 Å². The molecule has 3 N–H and O–H groups in total. The first-order chi connectivity index (χ1) is 15.8. The summed E-state index contributed by atoms with van der Waals surface area (Å²) in [6, 6.07) is 19.3. The molecule has 3 aromatic heterocycles. The number of amides is 2. The molecule has 3 heterocycles. The van der Waals surface area contributed by atoms with Crippen LogP contribution in [0.3, 0.4) is 0 Å². The molecule has 0 fully saturated rings. The van der Waals surface area contributed by atoms with Crippen LogP contribution in [-0.4, -0.2) is 21.0 Å². The van der Waals surface area contributed by atoms with E-state index in [1.807, 2.05) is 30.3 Å². The van der Waals surface area contributed by atoms with E-state index in [0.29, 0.717) is 12.3 Å². The highest BCUT2D eigenvalue weighted by Gasteiger charge is 2.32. The lowest BCUT2D eigenvalue weighted by molar-refractivity contribution is 0.237. The van der Waals surface area contributed by atoms with Crippen LogP contribution in [0.1, 0.15) is 22.9 Å². The topological polar surface area (TPSA) is 95.8 Å². The molecule has 0 radical (unpaired) electrons. The number of aromatic amines is 1. The summed E-state index contributed by atoms with van der Waals surface area (Å²) in [5, 5.41) is 6.00. The fourth-order valence-corrected chi connectivity index (χ4v) is 4.36. The first-order valence-electron chi connectivity index (χ1n) is 10.4. The van der Waals surface area contributed by atoms with Gasteiger partial charge in [0.2, 0.25) is 0 Å². The first-order valence-corrected chi connectivity index (χ1v) is 10.4. The summed E-state index contributed by atoms with van der Waals surface area (Å²) in [5.41, 5.74) is 7.01. The van der Waals surface area contributed by atoms with Crippen molar-refractivity contribution < 1.29 is 9.21 Å². The normalized spacial score (nSPS) is 14.2. The molecule has 1 aliphatic carbocycles. The van der Waals surface area contributed by atoms with E-state index in [4.69, 9.17) is 9.40 Å². The van der Waals surface area contributed by atoms with Crippen molar-refractivity contribution in [1.82, 2.24) is 25.6 Å². The molecule has 1 aliphatic rings. The fourth-order valence-electron chi connectivity index (χ4n) is 4.36. The minimum Gasteiger partial charge on any atom is -0.467 e. The average molecular weight is 421 g/mol. The van der Waals surface area contributed by atoms with E-state index in [9.17, 15) is 4.79 Å². The van der Waals surface area contributed by atoms with Gasteiger partial charge in [-0.1, -0.05) is 42.5 Å². The zero-order valence-corrected chi connectivity index (χ0v) is 17.0. The number of furan rings is 1. The summed E-state index contributed by atoms with van der Waals surface area (Å²) in [6.45, 7) is 0.327. The maximum absolute atomic E-state index is 12.7. The molecule has 1 atom stereocenters. The van der Waals surface area contributed by atoms with Crippen LogP contribution < -0.4 is 10.6 Å². The fraction of sp³-hybridized carbons (Fsp3) is 0.0800. The molecule has 2 amide bonds. The number of fused-ring (bicyclic) bond motifs is 4. The molecule has 0 unspecified atom stereocenters. The van der Waals surface area contributed by atoms with E-state index in [1.54, 1.807) is 24.7 Å². The van der Waals surface area contributed by atoms with Crippen LogP contribution in [0.2, 0.25) is 0 Å². The van der Waals surface area contributed by atoms with Crippen LogP contribution in [0.25, 0.3) is 33.5 Å². The van der Waals surface area contributed by atoms with Gasteiger partial charge in [0.05, 0.1) is 36.1 Å². The summed E-state index contributed by atoms with van der Waals surface area (Å²) >= 11 is 0. The van der Waals surface area contributed by atoms with Crippen LogP contribution in [0.15, 0.2) is 83.7 Å². The van der Waals surface area contributed by atoms with Crippen molar-refractivity contribution in [2.45, 2.75) is 12.6 Å². The van der Waals surface area contributed by atoms with Gasteiger partial charge in [-0.3, -0.25) is 4.98 Å². The summed E-state index contributed by atoms with van der Waals surface area (Å²) in [7, 11) is 0. The number of carbonyl (C=O) groups excluding carboxylic acids is 1. The van der Waals surface area contributed by atoms with Gasteiger partial charge in [-0.05, 0) is 40.5 Å². The van der Waals surface area contributed by atoms with Crippen molar-refractivity contribution in [3.05, 3.63) is 96.2 Å². The van der Waals surface area contributed by atoms with Gasteiger partial charge in [-0.25, -0.2) is 9.78 Å². The van der Waals surface area contributed by atoms with Crippen molar-refractivity contribution in [2.75, 3.05) is 0 Å². The smallest absolute Gasteiger partial charge is 0.315 e. The van der Waals surface area contributed by atoms with Crippen LogP contribution in [-0.2, 0) is 6.54 Å². The van der Waals surface area contributed by atoms with Crippen molar-refractivity contribution in [1.29, 1.82) is 0 Å². The highest BCUT2D eigenvalue weighted by atomic mass is 16.3. The van der Waals surface area contributed by atoms with E-state index >= 15 is 0 Å². The predicted octanol–water partition coefficient (Wildman–Crippen LogP) is 4.79. The summed E-state index contributed by atoms with van der Waals surface area (Å²) in [4.78, 5) is 25.0. The molecule has 0 bridgehead atoms. The second kappa shape index (κ2) is 7.39. The molecule has 0 spiro atoms. The quantitative estimate of drug-likeness (QED) is 0.389.